The Bertz CT molecular complexity index is 432. The fraction of sp³-hybridized carbons (Fsp3) is 1.00. The summed E-state index contributed by atoms with van der Waals surface area (Å²) in [6, 6.07) is 0. The SMILES string of the molecule is C[Si](C)(C)C([Si](C)(C)C)[As](Cl)(C([Si](C)(C)C)[Si](C)(C)C)C([Si](C)(C)C)[Si](C)(C)C. The first-order valence-electron chi connectivity index (χ1n) is 11.7. The second-order valence-corrected chi connectivity index (χ2v) is 65.4. The van der Waals surface area contributed by atoms with E-state index in [1.54, 1.807) is 0 Å². The van der Waals surface area contributed by atoms with Gasteiger partial charge >= 0.3 is 201 Å². The van der Waals surface area contributed by atoms with Crippen molar-refractivity contribution in [2.75, 3.05) is 0 Å². The van der Waals surface area contributed by atoms with Crippen LogP contribution in [-0.2, 0) is 0 Å². The van der Waals surface area contributed by atoms with Crippen LogP contribution in [0.2, 0.25) is 130 Å². The molecule has 0 bridgehead atoms. The summed E-state index contributed by atoms with van der Waals surface area (Å²) >= 11 is -2.61. The van der Waals surface area contributed by atoms with Gasteiger partial charge in [-0.05, 0) is 0 Å². The molecule has 0 amide bonds. The number of hydrogen-bond acceptors (Lipinski definition) is 0. The fourth-order valence-corrected chi connectivity index (χ4v) is 139. The van der Waals surface area contributed by atoms with Crippen LogP contribution in [0.3, 0.4) is 0 Å². The molecule has 0 saturated carbocycles. The Hall–Kier alpha value is 2.15. The molecule has 0 aromatic heterocycles. The third-order valence-electron chi connectivity index (χ3n) is 6.11. The van der Waals surface area contributed by atoms with Crippen LogP contribution in [0.15, 0.2) is 0 Å². The first kappa shape index (κ1) is 31.1. The minimum absolute atomic E-state index is 0.932. The van der Waals surface area contributed by atoms with E-state index in [0.717, 1.165) is 11.9 Å². The molecule has 0 heterocycles. The van der Waals surface area contributed by atoms with E-state index in [4.69, 9.17) is 9.95 Å². The summed E-state index contributed by atoms with van der Waals surface area (Å²) in [5.41, 5.74) is 0. The Morgan fingerprint density at radius 3 is 0.517 bits per heavy atom. The average Bonchev–Trinajstić information content (AvgIpc) is 2.11. The number of hydrogen-bond donors (Lipinski definition) is 0. The molecule has 0 nitrogen and oxygen atoms in total. The van der Waals surface area contributed by atoms with E-state index in [2.05, 4.69) is 118 Å². The summed E-state index contributed by atoms with van der Waals surface area (Å²) in [6.45, 7) is 48.3. The minimum atomic E-state index is -2.61. The van der Waals surface area contributed by atoms with Gasteiger partial charge in [-0.2, -0.15) is 0 Å². The summed E-state index contributed by atoms with van der Waals surface area (Å²) in [4.78, 5) is 0. The van der Waals surface area contributed by atoms with Crippen molar-refractivity contribution in [1.82, 2.24) is 0 Å². The zero-order valence-corrected chi connectivity index (χ0v) is 32.2. The molecule has 0 aliphatic carbocycles. The average molecular weight is 589 g/mol. The maximum atomic E-state index is 8.73. The van der Waals surface area contributed by atoms with Crippen LogP contribution >= 0.6 is 9.95 Å². The molecular formula is C21H57AsClSi6. The molecule has 0 rings (SSSR count). The first-order valence-corrected chi connectivity index (χ1v) is 38.9. The normalized spacial score (nSPS) is 16.3. The van der Waals surface area contributed by atoms with Gasteiger partial charge in [0.15, 0.2) is 0 Å². The molecule has 177 valence electrons. The zero-order valence-electron chi connectivity index (χ0n) is 23.6. The van der Waals surface area contributed by atoms with Gasteiger partial charge in [0, 0.05) is 0 Å². The van der Waals surface area contributed by atoms with Crippen molar-refractivity contribution in [3.8, 4) is 0 Å². The molecule has 0 aliphatic rings. The van der Waals surface area contributed by atoms with Crippen molar-refractivity contribution >= 4 is 71.0 Å². The molecule has 0 N–H and O–H groups in total. The van der Waals surface area contributed by atoms with Gasteiger partial charge in [-0.15, -0.1) is 0 Å². The Labute approximate surface area is 199 Å². The van der Waals surface area contributed by atoms with Crippen molar-refractivity contribution in [2.45, 2.75) is 130 Å². The molecule has 8 heteroatoms. The predicted octanol–water partition coefficient (Wildman–Crippen LogP) is 9.55. The second kappa shape index (κ2) is 9.07. The second-order valence-electron chi connectivity index (χ2n) is 16.1. The van der Waals surface area contributed by atoms with E-state index in [-0.39, 0.29) is 0 Å². The Morgan fingerprint density at radius 1 is 0.345 bits per heavy atom. The standard InChI is InChI=1S/C21H57AsClSi6/c1-24(2,3)19(25(4,5)6)22(23,20(26(7,8)9)27(10,11)12)21(28(13,14)15)29(16,17)18/h19-21H,1-18H3. The topological polar surface area (TPSA) is 0 Å². The zero-order chi connectivity index (χ0) is 24.2. The molecule has 29 heavy (non-hydrogen) atoms. The van der Waals surface area contributed by atoms with E-state index >= 15 is 0 Å². The Kier molecular flexibility index (Phi) is 9.74. The van der Waals surface area contributed by atoms with E-state index < -0.39 is 61.1 Å². The van der Waals surface area contributed by atoms with E-state index in [9.17, 15) is 0 Å². The molecule has 0 saturated heterocycles. The van der Waals surface area contributed by atoms with E-state index in [1.807, 2.05) is 0 Å². The summed E-state index contributed by atoms with van der Waals surface area (Å²) in [7, 11) is 0.306. The molecular weight excluding hydrogens is 531 g/mol. The van der Waals surface area contributed by atoms with Crippen molar-refractivity contribution in [3.63, 3.8) is 0 Å². The van der Waals surface area contributed by atoms with Crippen LogP contribution in [0.4, 0.5) is 0 Å². The molecule has 0 spiro atoms. The van der Waals surface area contributed by atoms with Crippen molar-refractivity contribution in [3.05, 3.63) is 0 Å². The van der Waals surface area contributed by atoms with Crippen LogP contribution in [0.1, 0.15) is 0 Å². The van der Waals surface area contributed by atoms with Crippen LogP contribution < -0.4 is 0 Å². The third kappa shape index (κ3) is 7.58. The van der Waals surface area contributed by atoms with Gasteiger partial charge in [-0.25, -0.2) is 0 Å². The van der Waals surface area contributed by atoms with Crippen molar-refractivity contribution in [2.24, 2.45) is 0 Å². The summed E-state index contributed by atoms with van der Waals surface area (Å²) in [5.74, 6) is 0. The number of halogens is 1. The summed E-state index contributed by atoms with van der Waals surface area (Å²) in [5, 5.41) is 0. The van der Waals surface area contributed by atoms with Gasteiger partial charge in [0.05, 0.1) is 0 Å². The maximum absolute atomic E-state index is 8.73. The Balaban J connectivity index is 7.70. The van der Waals surface area contributed by atoms with Crippen LogP contribution in [-0.4, -0.2) is 61.1 Å². The van der Waals surface area contributed by atoms with E-state index in [1.165, 1.54) is 0 Å². The van der Waals surface area contributed by atoms with Gasteiger partial charge in [-0.3, -0.25) is 0 Å². The van der Waals surface area contributed by atoms with Gasteiger partial charge in [0.1, 0.15) is 0 Å². The molecule has 0 unspecified atom stereocenters. The summed E-state index contributed by atoms with van der Waals surface area (Å²) < 4.78 is 2.80. The summed E-state index contributed by atoms with van der Waals surface area (Å²) in [6.07, 6.45) is 0. The van der Waals surface area contributed by atoms with Gasteiger partial charge in [0.2, 0.25) is 0 Å². The van der Waals surface area contributed by atoms with Gasteiger partial charge in [-0.1, -0.05) is 0 Å². The van der Waals surface area contributed by atoms with Crippen LogP contribution in [0.25, 0.3) is 0 Å². The molecule has 0 atom stereocenters. The van der Waals surface area contributed by atoms with Crippen molar-refractivity contribution < 1.29 is 0 Å². The van der Waals surface area contributed by atoms with Crippen molar-refractivity contribution in [1.29, 1.82) is 0 Å². The number of rotatable bonds is 9. The quantitative estimate of drug-likeness (QED) is 0.235. The fourth-order valence-electron chi connectivity index (χ4n) is 7.91. The monoisotopic (exact) mass is 587 g/mol. The van der Waals surface area contributed by atoms with E-state index in [0.29, 0.717) is 0 Å². The molecule has 0 aromatic carbocycles. The molecule has 0 fully saturated rings. The molecule has 1 radical (unpaired) electrons. The molecule has 0 aromatic rings. The third-order valence-corrected chi connectivity index (χ3v) is 87.2. The molecule has 0 aliphatic heterocycles. The van der Waals surface area contributed by atoms with Gasteiger partial charge in [0.25, 0.3) is 0 Å². The van der Waals surface area contributed by atoms with Crippen LogP contribution in [0, 0.1) is 0 Å². The first-order chi connectivity index (χ1) is 12.1. The Morgan fingerprint density at radius 2 is 0.448 bits per heavy atom. The predicted molar refractivity (Wildman–Crippen MR) is 163 cm³/mol. The van der Waals surface area contributed by atoms with Crippen LogP contribution in [0.5, 0.6) is 0 Å². The van der Waals surface area contributed by atoms with Gasteiger partial charge < -0.3 is 0 Å².